The molecule has 1 aliphatic heterocycles. The molecule has 0 aromatic heterocycles. The molecule has 0 fully saturated rings. The van der Waals surface area contributed by atoms with E-state index in [0.29, 0.717) is 12.2 Å². The van der Waals surface area contributed by atoms with Crippen molar-refractivity contribution in [1.82, 2.24) is 4.90 Å². The minimum atomic E-state index is -0.619. The Kier molecular flexibility index (Phi) is 7.32. The highest BCUT2D eigenvalue weighted by molar-refractivity contribution is 5.40. The molecule has 26 heavy (non-hydrogen) atoms. The molecule has 3 nitrogen and oxygen atoms in total. The van der Waals surface area contributed by atoms with E-state index in [1.165, 1.54) is 12.1 Å². The molecule has 1 atom stereocenters. The largest absolute Gasteiger partial charge is 0.366 e. The number of ether oxygens (including phenoxy) is 1. The molecular weight excluding hydrogens is 327 g/mol. The summed E-state index contributed by atoms with van der Waals surface area (Å²) in [6.45, 7) is 3.51. The highest BCUT2D eigenvalue weighted by atomic mass is 19.1. The Morgan fingerprint density at radius 3 is 2.62 bits per heavy atom. The predicted octanol–water partition coefficient (Wildman–Crippen LogP) is 4.74. The number of allylic oxidation sites excluding steroid dienone is 4. The molecule has 4 heteroatoms. The summed E-state index contributed by atoms with van der Waals surface area (Å²) in [7, 11) is 4.10. The number of hydrogen-bond donors (Lipinski definition) is 0. The van der Waals surface area contributed by atoms with Gasteiger partial charge in [0.1, 0.15) is 11.4 Å². The average molecular weight is 354 g/mol. The Morgan fingerprint density at radius 1 is 1.23 bits per heavy atom. The van der Waals surface area contributed by atoms with E-state index in [2.05, 4.69) is 11.0 Å². The molecule has 138 valence electrons. The smallest absolute Gasteiger partial charge is 0.123 e. The van der Waals surface area contributed by atoms with E-state index in [4.69, 9.17) is 4.74 Å². The van der Waals surface area contributed by atoms with Gasteiger partial charge in [-0.2, -0.15) is 5.26 Å². The number of benzene rings is 1. The Bertz CT molecular complexity index is 726. The third-order valence-electron chi connectivity index (χ3n) is 4.65. The molecule has 0 unspecified atom stereocenters. The molecule has 0 aliphatic carbocycles. The molecule has 2 rings (SSSR count). The number of rotatable bonds is 5. The normalized spacial score (nSPS) is 26.3. The third kappa shape index (κ3) is 5.14. The Hall–Kier alpha value is -2.22. The predicted molar refractivity (Wildman–Crippen MR) is 103 cm³/mol. The van der Waals surface area contributed by atoms with Crippen LogP contribution in [-0.2, 0) is 10.3 Å². The fourth-order valence-corrected chi connectivity index (χ4v) is 3.19. The van der Waals surface area contributed by atoms with Gasteiger partial charge in [0, 0.05) is 0 Å². The fraction of sp³-hybridized carbons (Fsp3) is 0.409. The lowest BCUT2D eigenvalue weighted by Crippen LogP contribution is -2.33. The standard InChI is InChI=1S/C22H27FN2O/c1-18-8-9-19(17-24)7-4-5-16-26-22(18,14-6-15-25(2)3)20-10-12-21(23)13-11-20/h4,7-13H,5-6,14-16H2,1-3H3/b7-4+,18-8+,19-9+/t22-/m1/s1. The highest BCUT2D eigenvalue weighted by Gasteiger charge is 2.34. The minimum Gasteiger partial charge on any atom is -0.366 e. The summed E-state index contributed by atoms with van der Waals surface area (Å²) >= 11 is 0. The van der Waals surface area contributed by atoms with Crippen molar-refractivity contribution < 1.29 is 9.13 Å². The molecular formula is C22H27FN2O. The van der Waals surface area contributed by atoms with Gasteiger partial charge in [-0.3, -0.25) is 0 Å². The lowest BCUT2D eigenvalue weighted by atomic mass is 9.82. The minimum absolute atomic E-state index is 0.256. The van der Waals surface area contributed by atoms with Crippen molar-refractivity contribution in [2.45, 2.75) is 31.8 Å². The van der Waals surface area contributed by atoms with Gasteiger partial charge in [-0.25, -0.2) is 4.39 Å². The van der Waals surface area contributed by atoms with Crippen LogP contribution in [-0.4, -0.2) is 32.1 Å². The lowest BCUT2D eigenvalue weighted by Gasteiger charge is -2.36. The van der Waals surface area contributed by atoms with Gasteiger partial charge in [0.15, 0.2) is 0 Å². The van der Waals surface area contributed by atoms with Gasteiger partial charge in [-0.05, 0) is 82.2 Å². The first kappa shape index (κ1) is 20.1. The summed E-state index contributed by atoms with van der Waals surface area (Å²) in [6.07, 6.45) is 10.0. The van der Waals surface area contributed by atoms with Crippen LogP contribution >= 0.6 is 0 Å². The van der Waals surface area contributed by atoms with Crippen LogP contribution in [0.5, 0.6) is 0 Å². The van der Waals surface area contributed by atoms with E-state index >= 15 is 0 Å². The molecule has 1 heterocycles. The van der Waals surface area contributed by atoms with Crippen molar-refractivity contribution in [2.75, 3.05) is 27.2 Å². The molecule has 1 aliphatic rings. The zero-order valence-corrected chi connectivity index (χ0v) is 15.8. The first-order valence-corrected chi connectivity index (χ1v) is 8.98. The van der Waals surface area contributed by atoms with Crippen LogP contribution < -0.4 is 0 Å². The maximum Gasteiger partial charge on any atom is 0.123 e. The maximum absolute atomic E-state index is 13.5. The summed E-state index contributed by atoms with van der Waals surface area (Å²) in [5.74, 6) is -0.256. The molecule has 0 N–H and O–H groups in total. The van der Waals surface area contributed by atoms with Crippen molar-refractivity contribution in [3.63, 3.8) is 0 Å². The maximum atomic E-state index is 13.5. The zero-order chi connectivity index (χ0) is 19.0. The summed E-state index contributed by atoms with van der Waals surface area (Å²) in [5, 5.41) is 9.26. The lowest BCUT2D eigenvalue weighted by molar-refractivity contribution is -0.0280. The summed E-state index contributed by atoms with van der Waals surface area (Å²) < 4.78 is 19.9. The second-order valence-electron chi connectivity index (χ2n) is 6.86. The first-order chi connectivity index (χ1) is 12.5. The monoisotopic (exact) mass is 354 g/mol. The van der Waals surface area contributed by atoms with Gasteiger partial charge < -0.3 is 9.64 Å². The Morgan fingerprint density at radius 2 is 1.96 bits per heavy atom. The third-order valence-corrected chi connectivity index (χ3v) is 4.65. The Balaban J connectivity index is 2.48. The SMILES string of the molecule is C\C1=C/C=C(C#N)\C=C\CCO[C@@]1(CCCN(C)C)c1ccc(F)cc1. The van der Waals surface area contributed by atoms with Gasteiger partial charge in [0.25, 0.3) is 0 Å². The molecule has 0 spiro atoms. The van der Waals surface area contributed by atoms with E-state index in [1.54, 1.807) is 12.1 Å². The second-order valence-corrected chi connectivity index (χ2v) is 6.86. The number of nitriles is 1. The quantitative estimate of drug-likeness (QED) is 0.766. The highest BCUT2D eigenvalue weighted by Crippen LogP contribution is 2.39. The van der Waals surface area contributed by atoms with E-state index in [9.17, 15) is 9.65 Å². The molecule has 1 aromatic carbocycles. The van der Waals surface area contributed by atoms with E-state index < -0.39 is 5.60 Å². The van der Waals surface area contributed by atoms with Crippen LogP contribution in [0.15, 0.2) is 59.7 Å². The molecule has 0 amide bonds. The zero-order valence-electron chi connectivity index (χ0n) is 15.8. The van der Waals surface area contributed by atoms with Crippen LogP contribution in [0.3, 0.4) is 0 Å². The summed E-state index contributed by atoms with van der Waals surface area (Å²) in [6, 6.07) is 8.78. The van der Waals surface area contributed by atoms with Gasteiger partial charge >= 0.3 is 0 Å². The van der Waals surface area contributed by atoms with E-state index in [-0.39, 0.29) is 5.82 Å². The van der Waals surface area contributed by atoms with Gasteiger partial charge in [0.05, 0.1) is 18.2 Å². The van der Waals surface area contributed by atoms with Crippen LogP contribution in [0.4, 0.5) is 4.39 Å². The fourth-order valence-electron chi connectivity index (χ4n) is 3.19. The topological polar surface area (TPSA) is 36.3 Å². The van der Waals surface area contributed by atoms with Gasteiger partial charge in [-0.1, -0.05) is 24.3 Å². The van der Waals surface area contributed by atoms with E-state index in [0.717, 1.165) is 36.9 Å². The van der Waals surface area contributed by atoms with Crippen LogP contribution in [0.25, 0.3) is 0 Å². The van der Waals surface area contributed by atoms with Crippen molar-refractivity contribution in [3.8, 4) is 6.07 Å². The number of halogens is 1. The molecule has 0 saturated heterocycles. The van der Waals surface area contributed by atoms with Crippen molar-refractivity contribution >= 4 is 0 Å². The Labute approximate surface area is 156 Å². The van der Waals surface area contributed by atoms with Crippen molar-refractivity contribution in [2.24, 2.45) is 0 Å². The van der Waals surface area contributed by atoms with Crippen LogP contribution in [0.1, 0.15) is 31.7 Å². The average Bonchev–Trinajstić information content (AvgIpc) is 2.62. The van der Waals surface area contributed by atoms with E-state index in [1.807, 2.05) is 45.3 Å². The molecule has 0 bridgehead atoms. The van der Waals surface area contributed by atoms with Crippen molar-refractivity contribution in [1.29, 1.82) is 5.26 Å². The molecule has 1 aromatic rings. The van der Waals surface area contributed by atoms with Crippen molar-refractivity contribution in [3.05, 3.63) is 71.1 Å². The van der Waals surface area contributed by atoms with Gasteiger partial charge in [0.2, 0.25) is 0 Å². The number of hydrogen-bond acceptors (Lipinski definition) is 3. The molecule has 0 radical (unpaired) electrons. The first-order valence-electron chi connectivity index (χ1n) is 8.98. The summed E-state index contributed by atoms with van der Waals surface area (Å²) in [5.41, 5.74) is 1.97. The second kappa shape index (κ2) is 9.47. The molecule has 0 saturated carbocycles. The number of nitrogens with zero attached hydrogens (tertiary/aromatic N) is 2. The van der Waals surface area contributed by atoms with Crippen LogP contribution in [0.2, 0.25) is 0 Å². The van der Waals surface area contributed by atoms with Crippen LogP contribution in [0, 0.1) is 17.1 Å². The summed E-state index contributed by atoms with van der Waals surface area (Å²) in [4.78, 5) is 2.15. The van der Waals surface area contributed by atoms with Gasteiger partial charge in [-0.15, -0.1) is 0 Å².